The molecule has 0 amide bonds. The highest BCUT2D eigenvalue weighted by Crippen LogP contribution is 2.06. The van der Waals surface area contributed by atoms with E-state index < -0.39 is 0 Å². The number of unbranched alkanes of at least 4 members (excludes halogenated alkanes) is 1. The van der Waals surface area contributed by atoms with E-state index in [0.717, 1.165) is 25.3 Å². The Morgan fingerprint density at radius 3 is 2.69 bits per heavy atom. The van der Waals surface area contributed by atoms with E-state index in [1.807, 2.05) is 0 Å². The van der Waals surface area contributed by atoms with E-state index in [9.17, 15) is 0 Å². The first-order valence-electron chi connectivity index (χ1n) is 5.39. The van der Waals surface area contributed by atoms with E-state index in [2.05, 4.69) is 39.7 Å². The molecule has 16 heavy (non-hydrogen) atoms. The standard InChI is InChI=1S/C10H20N6/c1-16(2)6-4-3-5-12-9-7-10(15-11)14-8-13-9/h7-8H,3-6,11H2,1-2H3,(H2,12,13,14,15). The normalized spacial score (nSPS) is 10.5. The minimum Gasteiger partial charge on any atom is -0.370 e. The zero-order valence-corrected chi connectivity index (χ0v) is 9.90. The molecule has 0 unspecified atom stereocenters. The summed E-state index contributed by atoms with van der Waals surface area (Å²) in [5.41, 5.74) is 2.49. The zero-order chi connectivity index (χ0) is 11.8. The van der Waals surface area contributed by atoms with E-state index >= 15 is 0 Å². The van der Waals surface area contributed by atoms with Crippen LogP contribution in [0, 0.1) is 0 Å². The number of nitrogens with two attached hydrogens (primary N) is 1. The number of nitrogens with zero attached hydrogens (tertiary/aromatic N) is 3. The number of nitrogen functional groups attached to an aromatic ring is 1. The Bertz CT molecular complexity index is 301. The van der Waals surface area contributed by atoms with Crippen LogP contribution in [0.1, 0.15) is 12.8 Å². The van der Waals surface area contributed by atoms with Gasteiger partial charge in [-0.3, -0.25) is 0 Å². The molecule has 0 atom stereocenters. The molecular weight excluding hydrogens is 204 g/mol. The van der Waals surface area contributed by atoms with Crippen LogP contribution in [0.15, 0.2) is 12.4 Å². The lowest BCUT2D eigenvalue weighted by molar-refractivity contribution is 0.396. The van der Waals surface area contributed by atoms with Crippen LogP contribution in [0.5, 0.6) is 0 Å². The van der Waals surface area contributed by atoms with Crippen LogP contribution < -0.4 is 16.6 Å². The number of rotatable bonds is 7. The molecule has 0 aliphatic rings. The molecule has 0 aliphatic heterocycles. The number of anilines is 2. The average Bonchev–Trinajstić information content (AvgIpc) is 2.28. The van der Waals surface area contributed by atoms with Crippen molar-refractivity contribution in [3.8, 4) is 0 Å². The molecule has 0 spiro atoms. The summed E-state index contributed by atoms with van der Waals surface area (Å²) < 4.78 is 0. The van der Waals surface area contributed by atoms with Crippen molar-refractivity contribution in [1.29, 1.82) is 0 Å². The van der Waals surface area contributed by atoms with Crippen LogP contribution in [0.2, 0.25) is 0 Å². The van der Waals surface area contributed by atoms with Crippen LogP contribution in [0.3, 0.4) is 0 Å². The van der Waals surface area contributed by atoms with Crippen molar-refractivity contribution in [2.75, 3.05) is 37.9 Å². The summed E-state index contributed by atoms with van der Waals surface area (Å²) >= 11 is 0. The van der Waals surface area contributed by atoms with Crippen molar-refractivity contribution in [2.24, 2.45) is 5.84 Å². The second kappa shape index (κ2) is 6.97. The summed E-state index contributed by atoms with van der Waals surface area (Å²) in [6, 6.07) is 1.78. The van der Waals surface area contributed by atoms with Gasteiger partial charge in [0.15, 0.2) is 0 Å². The number of aromatic nitrogens is 2. The van der Waals surface area contributed by atoms with Crippen LogP contribution in [-0.4, -0.2) is 42.1 Å². The molecule has 1 aromatic heterocycles. The van der Waals surface area contributed by atoms with Crippen LogP contribution >= 0.6 is 0 Å². The number of hydrogen-bond donors (Lipinski definition) is 3. The predicted molar refractivity (Wildman–Crippen MR) is 66.1 cm³/mol. The SMILES string of the molecule is CN(C)CCCCNc1cc(NN)ncn1. The van der Waals surface area contributed by atoms with Gasteiger partial charge in [-0.05, 0) is 33.5 Å². The summed E-state index contributed by atoms with van der Waals surface area (Å²) in [6.45, 7) is 2.02. The van der Waals surface area contributed by atoms with Crippen molar-refractivity contribution in [3.63, 3.8) is 0 Å². The maximum absolute atomic E-state index is 5.25. The molecule has 0 aliphatic carbocycles. The van der Waals surface area contributed by atoms with Gasteiger partial charge in [-0.1, -0.05) is 0 Å². The van der Waals surface area contributed by atoms with E-state index in [0.29, 0.717) is 5.82 Å². The Labute approximate surface area is 96.2 Å². The molecule has 6 heteroatoms. The summed E-state index contributed by atoms with van der Waals surface area (Å²) in [5.74, 6) is 6.67. The number of hydrogen-bond acceptors (Lipinski definition) is 6. The molecule has 90 valence electrons. The van der Waals surface area contributed by atoms with Gasteiger partial charge in [0.05, 0.1) is 0 Å². The van der Waals surface area contributed by atoms with Crippen molar-refractivity contribution >= 4 is 11.6 Å². The van der Waals surface area contributed by atoms with Crippen molar-refractivity contribution in [1.82, 2.24) is 14.9 Å². The smallest absolute Gasteiger partial charge is 0.145 e. The van der Waals surface area contributed by atoms with Gasteiger partial charge in [-0.15, -0.1) is 0 Å². The highest BCUT2D eigenvalue weighted by Gasteiger charge is 1.96. The van der Waals surface area contributed by atoms with Gasteiger partial charge in [0.25, 0.3) is 0 Å². The van der Waals surface area contributed by atoms with Crippen molar-refractivity contribution in [2.45, 2.75) is 12.8 Å². The van der Waals surface area contributed by atoms with Gasteiger partial charge in [0, 0.05) is 12.6 Å². The van der Waals surface area contributed by atoms with Crippen LogP contribution in [0.25, 0.3) is 0 Å². The van der Waals surface area contributed by atoms with Gasteiger partial charge in [-0.2, -0.15) is 0 Å². The molecule has 0 aromatic carbocycles. The molecule has 0 bridgehead atoms. The highest BCUT2D eigenvalue weighted by atomic mass is 15.3. The molecule has 1 heterocycles. The van der Waals surface area contributed by atoms with Gasteiger partial charge in [-0.25, -0.2) is 15.8 Å². The highest BCUT2D eigenvalue weighted by molar-refractivity contribution is 5.45. The van der Waals surface area contributed by atoms with Crippen LogP contribution in [-0.2, 0) is 0 Å². The molecule has 0 saturated carbocycles. The summed E-state index contributed by atoms with van der Waals surface area (Å²) in [5, 5.41) is 3.23. The van der Waals surface area contributed by atoms with E-state index in [1.165, 1.54) is 12.7 Å². The molecule has 1 rings (SSSR count). The summed E-state index contributed by atoms with van der Waals surface area (Å²) in [6.07, 6.45) is 3.78. The van der Waals surface area contributed by atoms with Crippen molar-refractivity contribution < 1.29 is 0 Å². The third-order valence-corrected chi connectivity index (χ3v) is 2.15. The first kappa shape index (κ1) is 12.7. The molecule has 6 nitrogen and oxygen atoms in total. The lowest BCUT2D eigenvalue weighted by Gasteiger charge is -2.09. The summed E-state index contributed by atoms with van der Waals surface area (Å²) in [4.78, 5) is 10.2. The number of hydrazine groups is 1. The second-order valence-electron chi connectivity index (χ2n) is 3.87. The van der Waals surface area contributed by atoms with Gasteiger partial charge >= 0.3 is 0 Å². The first-order valence-corrected chi connectivity index (χ1v) is 5.39. The van der Waals surface area contributed by atoms with Crippen LogP contribution in [0.4, 0.5) is 11.6 Å². The topological polar surface area (TPSA) is 79.1 Å². The Kier molecular flexibility index (Phi) is 5.52. The molecular formula is C10H20N6. The summed E-state index contributed by atoms with van der Waals surface area (Å²) in [7, 11) is 4.16. The largest absolute Gasteiger partial charge is 0.370 e. The van der Waals surface area contributed by atoms with E-state index in [4.69, 9.17) is 5.84 Å². The monoisotopic (exact) mass is 224 g/mol. The Morgan fingerprint density at radius 2 is 2.00 bits per heavy atom. The fourth-order valence-corrected chi connectivity index (χ4v) is 1.30. The molecule has 0 fully saturated rings. The molecule has 1 aromatic rings. The maximum atomic E-state index is 5.25. The lowest BCUT2D eigenvalue weighted by Crippen LogP contribution is -2.14. The fraction of sp³-hybridized carbons (Fsp3) is 0.600. The molecule has 0 saturated heterocycles. The zero-order valence-electron chi connectivity index (χ0n) is 9.90. The molecule has 4 N–H and O–H groups in total. The second-order valence-corrected chi connectivity index (χ2v) is 3.87. The molecule has 0 radical (unpaired) electrons. The fourth-order valence-electron chi connectivity index (χ4n) is 1.30. The van der Waals surface area contributed by atoms with Crippen molar-refractivity contribution in [3.05, 3.63) is 12.4 Å². The Balaban J connectivity index is 2.21. The lowest BCUT2D eigenvalue weighted by atomic mass is 10.3. The third-order valence-electron chi connectivity index (χ3n) is 2.15. The van der Waals surface area contributed by atoms with Gasteiger partial charge < -0.3 is 15.6 Å². The maximum Gasteiger partial charge on any atom is 0.145 e. The van der Waals surface area contributed by atoms with Gasteiger partial charge in [0.1, 0.15) is 18.0 Å². The van der Waals surface area contributed by atoms with E-state index in [-0.39, 0.29) is 0 Å². The number of nitrogens with one attached hydrogen (secondary N) is 2. The first-order chi connectivity index (χ1) is 7.72. The van der Waals surface area contributed by atoms with Gasteiger partial charge in [0.2, 0.25) is 0 Å². The minimum absolute atomic E-state index is 0.616. The Morgan fingerprint density at radius 1 is 1.25 bits per heavy atom. The third kappa shape index (κ3) is 4.90. The van der Waals surface area contributed by atoms with E-state index in [1.54, 1.807) is 6.07 Å². The predicted octanol–water partition coefficient (Wildman–Crippen LogP) is 0.516. The average molecular weight is 224 g/mol. The quantitative estimate of drug-likeness (QED) is 0.356. The Hall–Kier alpha value is -1.40. The minimum atomic E-state index is 0.616.